The second-order valence-corrected chi connectivity index (χ2v) is 8.11. The van der Waals surface area contributed by atoms with Gasteiger partial charge in [-0.25, -0.2) is 4.98 Å². The molecule has 6 heteroatoms. The summed E-state index contributed by atoms with van der Waals surface area (Å²) in [7, 11) is 1.66. The van der Waals surface area contributed by atoms with Crippen LogP contribution in [0.4, 0.5) is 5.82 Å². The van der Waals surface area contributed by atoms with Gasteiger partial charge in [0.1, 0.15) is 17.4 Å². The molecule has 2 aromatic carbocycles. The molecule has 2 N–H and O–H groups in total. The van der Waals surface area contributed by atoms with Crippen molar-refractivity contribution in [3.05, 3.63) is 65.4 Å². The molecule has 6 nitrogen and oxygen atoms in total. The van der Waals surface area contributed by atoms with E-state index < -0.39 is 0 Å². The molecule has 160 valence electrons. The van der Waals surface area contributed by atoms with Gasteiger partial charge in [-0.2, -0.15) is 0 Å². The average Bonchev–Trinajstić information content (AvgIpc) is 3.28. The molecule has 0 saturated heterocycles. The van der Waals surface area contributed by atoms with Gasteiger partial charge in [-0.15, -0.1) is 0 Å². The highest BCUT2D eigenvalue weighted by Gasteiger charge is 2.24. The molecule has 0 spiro atoms. The Morgan fingerprint density at radius 1 is 1.13 bits per heavy atom. The number of amides is 1. The Bertz CT molecular complexity index is 1200. The number of methoxy groups -OCH3 is 1. The lowest BCUT2D eigenvalue weighted by molar-refractivity contribution is -0.118. The van der Waals surface area contributed by atoms with E-state index in [9.17, 15) is 4.79 Å². The molecule has 31 heavy (non-hydrogen) atoms. The molecular formula is C25H28N4O2. The lowest BCUT2D eigenvalue weighted by atomic mass is 10.1. The van der Waals surface area contributed by atoms with E-state index in [4.69, 9.17) is 9.72 Å². The third kappa shape index (κ3) is 3.93. The van der Waals surface area contributed by atoms with E-state index in [1.165, 1.54) is 0 Å². The van der Waals surface area contributed by atoms with Crippen molar-refractivity contribution in [2.24, 2.45) is 5.92 Å². The van der Waals surface area contributed by atoms with Crippen molar-refractivity contribution in [2.45, 2.75) is 34.2 Å². The van der Waals surface area contributed by atoms with Gasteiger partial charge in [0.25, 0.3) is 0 Å². The van der Waals surface area contributed by atoms with Gasteiger partial charge >= 0.3 is 0 Å². The van der Waals surface area contributed by atoms with E-state index in [1.807, 2.05) is 62.4 Å². The Hall–Kier alpha value is -3.54. The normalized spacial score (nSPS) is 11.3. The number of H-pyrrole nitrogens is 1. The topological polar surface area (TPSA) is 71.9 Å². The molecule has 0 unspecified atom stereocenters. The van der Waals surface area contributed by atoms with Crippen LogP contribution in [-0.4, -0.2) is 27.6 Å². The minimum Gasteiger partial charge on any atom is -0.497 e. The fourth-order valence-corrected chi connectivity index (χ4v) is 3.73. The summed E-state index contributed by atoms with van der Waals surface area (Å²) in [6, 6.07) is 15.9. The minimum absolute atomic E-state index is 0.0224. The van der Waals surface area contributed by atoms with Crippen molar-refractivity contribution in [1.82, 2.24) is 14.5 Å². The number of hydrogen-bond acceptors (Lipinski definition) is 3. The third-order valence-corrected chi connectivity index (χ3v) is 5.72. The molecule has 1 amide bonds. The summed E-state index contributed by atoms with van der Waals surface area (Å²) in [6.07, 6.45) is 0. The summed E-state index contributed by atoms with van der Waals surface area (Å²) >= 11 is 0. The smallest absolute Gasteiger partial charge is 0.228 e. The number of benzene rings is 2. The highest BCUT2D eigenvalue weighted by atomic mass is 16.5. The van der Waals surface area contributed by atoms with Gasteiger partial charge in [0, 0.05) is 18.2 Å². The summed E-state index contributed by atoms with van der Waals surface area (Å²) in [5, 5.41) is 3.17. The Balaban J connectivity index is 1.85. The largest absolute Gasteiger partial charge is 0.497 e. The number of aromatic nitrogens is 3. The summed E-state index contributed by atoms with van der Waals surface area (Å²) in [6.45, 7) is 8.58. The zero-order valence-corrected chi connectivity index (χ0v) is 18.6. The van der Waals surface area contributed by atoms with Crippen LogP contribution in [0.3, 0.4) is 0 Å². The monoisotopic (exact) mass is 416 g/mol. The summed E-state index contributed by atoms with van der Waals surface area (Å²) in [5.74, 6) is 2.19. The van der Waals surface area contributed by atoms with Crippen molar-refractivity contribution in [3.63, 3.8) is 0 Å². The van der Waals surface area contributed by atoms with Crippen molar-refractivity contribution in [3.8, 4) is 17.1 Å². The number of hydrogen-bond donors (Lipinski definition) is 2. The van der Waals surface area contributed by atoms with Crippen molar-refractivity contribution < 1.29 is 9.53 Å². The molecule has 0 bridgehead atoms. The van der Waals surface area contributed by atoms with Gasteiger partial charge in [0.2, 0.25) is 5.91 Å². The van der Waals surface area contributed by atoms with Crippen LogP contribution in [0.1, 0.15) is 30.7 Å². The maximum Gasteiger partial charge on any atom is 0.228 e. The predicted octanol–water partition coefficient (Wildman–Crippen LogP) is 5.30. The van der Waals surface area contributed by atoms with Crippen LogP contribution >= 0.6 is 0 Å². The summed E-state index contributed by atoms with van der Waals surface area (Å²) in [5.41, 5.74) is 6.10. The zero-order chi connectivity index (χ0) is 22.1. The molecule has 0 aliphatic rings. The number of carbonyl (C=O) groups excluding carboxylic acids is 1. The number of fused-ring (bicyclic) bond motifs is 1. The van der Waals surface area contributed by atoms with Crippen LogP contribution in [0.15, 0.2) is 48.5 Å². The first-order valence-electron chi connectivity index (χ1n) is 10.5. The summed E-state index contributed by atoms with van der Waals surface area (Å²) < 4.78 is 7.43. The Labute approximate surface area is 182 Å². The first-order chi connectivity index (χ1) is 14.9. The number of para-hydroxylation sites is 2. The van der Waals surface area contributed by atoms with Gasteiger partial charge in [-0.1, -0.05) is 38.1 Å². The lowest BCUT2D eigenvalue weighted by Gasteiger charge is -2.15. The molecule has 0 radical (unpaired) electrons. The molecule has 0 aliphatic carbocycles. The van der Waals surface area contributed by atoms with E-state index in [0.717, 1.165) is 50.8 Å². The van der Waals surface area contributed by atoms with E-state index in [1.54, 1.807) is 7.11 Å². The third-order valence-electron chi connectivity index (χ3n) is 5.72. The quantitative estimate of drug-likeness (QED) is 0.448. The van der Waals surface area contributed by atoms with Gasteiger partial charge in [-0.3, -0.25) is 4.79 Å². The Morgan fingerprint density at radius 3 is 2.48 bits per heavy atom. The number of rotatable bonds is 6. The Kier molecular flexibility index (Phi) is 5.55. The second kappa shape index (κ2) is 8.30. The molecular weight excluding hydrogens is 388 g/mol. The molecule has 2 heterocycles. The van der Waals surface area contributed by atoms with Gasteiger partial charge in [0.15, 0.2) is 0 Å². The number of nitrogens with one attached hydrogen (secondary N) is 2. The minimum atomic E-state index is -0.131. The van der Waals surface area contributed by atoms with Crippen LogP contribution in [0, 0.1) is 19.8 Å². The van der Waals surface area contributed by atoms with E-state index in [0.29, 0.717) is 6.54 Å². The first kappa shape index (κ1) is 20.7. The number of carbonyl (C=O) groups is 1. The maximum atomic E-state index is 12.7. The number of imidazole rings is 1. The highest BCUT2D eigenvalue weighted by molar-refractivity contribution is 5.96. The summed E-state index contributed by atoms with van der Waals surface area (Å²) in [4.78, 5) is 20.9. The molecule has 0 atom stereocenters. The second-order valence-electron chi connectivity index (χ2n) is 8.11. The SMILES string of the molecule is COc1ccc(Cn2c(C)c(C)c(-c3nc4ccccc4[nH]3)c2NC(=O)C(C)C)cc1. The highest BCUT2D eigenvalue weighted by Crippen LogP contribution is 2.36. The average molecular weight is 417 g/mol. The number of nitrogens with zero attached hydrogens (tertiary/aromatic N) is 2. The Morgan fingerprint density at radius 2 is 1.84 bits per heavy atom. The fraction of sp³-hybridized carbons (Fsp3) is 0.280. The van der Waals surface area contributed by atoms with E-state index >= 15 is 0 Å². The molecule has 4 rings (SSSR count). The maximum absolute atomic E-state index is 12.7. The number of anilines is 1. The first-order valence-corrected chi connectivity index (χ1v) is 10.5. The van der Waals surface area contributed by atoms with Crippen LogP contribution < -0.4 is 10.1 Å². The van der Waals surface area contributed by atoms with Crippen LogP contribution in [0.5, 0.6) is 5.75 Å². The van der Waals surface area contributed by atoms with Gasteiger partial charge in [0.05, 0.1) is 23.7 Å². The van der Waals surface area contributed by atoms with Crippen LogP contribution in [0.2, 0.25) is 0 Å². The number of ether oxygens (including phenoxy) is 1. The van der Waals surface area contributed by atoms with Gasteiger partial charge in [-0.05, 0) is 49.2 Å². The van der Waals surface area contributed by atoms with Crippen molar-refractivity contribution >= 4 is 22.8 Å². The molecule has 0 saturated carbocycles. The zero-order valence-electron chi connectivity index (χ0n) is 18.6. The fourth-order valence-electron chi connectivity index (χ4n) is 3.73. The van der Waals surface area contributed by atoms with Gasteiger partial charge < -0.3 is 19.6 Å². The lowest BCUT2D eigenvalue weighted by Crippen LogP contribution is -2.21. The molecule has 0 fully saturated rings. The standard InChI is InChI=1S/C25H28N4O2/c1-15(2)25(30)28-24-22(23-26-20-8-6-7-9-21(20)27-23)16(3)17(4)29(24)14-18-10-12-19(31-5)13-11-18/h6-13,15H,14H2,1-5H3,(H,26,27)(H,28,30). The van der Waals surface area contributed by atoms with Crippen LogP contribution in [0.25, 0.3) is 22.4 Å². The van der Waals surface area contributed by atoms with Crippen molar-refractivity contribution in [2.75, 3.05) is 12.4 Å². The van der Waals surface area contributed by atoms with E-state index in [-0.39, 0.29) is 11.8 Å². The predicted molar refractivity (Wildman–Crippen MR) is 125 cm³/mol. The van der Waals surface area contributed by atoms with Crippen molar-refractivity contribution in [1.29, 1.82) is 0 Å². The molecule has 2 aromatic heterocycles. The molecule has 4 aromatic rings. The van der Waals surface area contributed by atoms with E-state index in [2.05, 4.69) is 28.7 Å². The number of aromatic amines is 1. The molecule has 0 aliphatic heterocycles. The van der Waals surface area contributed by atoms with Crippen LogP contribution in [-0.2, 0) is 11.3 Å².